The molecular formula is C12H17NO4. The van der Waals surface area contributed by atoms with Gasteiger partial charge in [0.2, 0.25) is 11.8 Å². The molecule has 2 bridgehead atoms. The van der Waals surface area contributed by atoms with Crippen molar-refractivity contribution in [2.24, 2.45) is 10.8 Å². The van der Waals surface area contributed by atoms with Crippen molar-refractivity contribution >= 4 is 11.8 Å². The van der Waals surface area contributed by atoms with Crippen LogP contribution in [0.1, 0.15) is 26.7 Å². The molecule has 0 aromatic heterocycles. The zero-order valence-electron chi connectivity index (χ0n) is 10.1. The van der Waals surface area contributed by atoms with E-state index in [1.807, 2.05) is 13.8 Å². The topological polar surface area (TPSA) is 66.8 Å². The van der Waals surface area contributed by atoms with Gasteiger partial charge in [0.05, 0.1) is 36.2 Å². The number of hydrogen-bond acceptors (Lipinski definition) is 4. The van der Waals surface area contributed by atoms with Crippen LogP contribution in [0, 0.1) is 10.8 Å². The Morgan fingerprint density at radius 3 is 2.12 bits per heavy atom. The average molecular weight is 239 g/mol. The van der Waals surface area contributed by atoms with Crippen molar-refractivity contribution in [2.75, 3.05) is 13.2 Å². The molecule has 3 aliphatic rings. The van der Waals surface area contributed by atoms with Crippen molar-refractivity contribution in [1.29, 1.82) is 0 Å². The second-order valence-corrected chi connectivity index (χ2v) is 5.58. The molecule has 3 saturated heterocycles. The van der Waals surface area contributed by atoms with E-state index in [2.05, 4.69) is 0 Å². The molecule has 0 aromatic carbocycles. The van der Waals surface area contributed by atoms with Gasteiger partial charge in [0.1, 0.15) is 0 Å². The van der Waals surface area contributed by atoms with E-state index in [0.717, 1.165) is 12.8 Å². The maximum atomic E-state index is 12.4. The number of amides is 2. The number of likely N-dealkylation sites (tertiary alicyclic amines) is 1. The third kappa shape index (κ3) is 0.948. The molecule has 5 nitrogen and oxygen atoms in total. The monoisotopic (exact) mass is 239 g/mol. The van der Waals surface area contributed by atoms with Crippen LogP contribution in [-0.2, 0) is 14.3 Å². The largest absolute Gasteiger partial charge is 0.395 e. The third-order valence-electron chi connectivity index (χ3n) is 5.09. The van der Waals surface area contributed by atoms with Gasteiger partial charge in [0.25, 0.3) is 0 Å². The summed E-state index contributed by atoms with van der Waals surface area (Å²) in [5.41, 5.74) is -1.47. The van der Waals surface area contributed by atoms with Gasteiger partial charge in [-0.25, -0.2) is 0 Å². The van der Waals surface area contributed by atoms with Gasteiger partial charge >= 0.3 is 0 Å². The number of aliphatic hydroxyl groups is 1. The van der Waals surface area contributed by atoms with Gasteiger partial charge in [-0.15, -0.1) is 0 Å². The Morgan fingerprint density at radius 2 is 1.71 bits per heavy atom. The second-order valence-electron chi connectivity index (χ2n) is 5.58. The lowest BCUT2D eigenvalue weighted by atomic mass is 9.59. The lowest BCUT2D eigenvalue weighted by molar-refractivity contribution is -0.145. The fraction of sp³-hybridized carbons (Fsp3) is 0.833. The first-order chi connectivity index (χ1) is 7.97. The van der Waals surface area contributed by atoms with Crippen LogP contribution in [-0.4, -0.2) is 47.2 Å². The van der Waals surface area contributed by atoms with Gasteiger partial charge in [-0.2, -0.15) is 0 Å². The minimum absolute atomic E-state index is 0.0995. The zero-order chi connectivity index (χ0) is 12.4. The summed E-state index contributed by atoms with van der Waals surface area (Å²) < 4.78 is 5.78. The molecule has 0 aromatic rings. The predicted molar refractivity (Wildman–Crippen MR) is 57.9 cm³/mol. The second kappa shape index (κ2) is 3.09. The lowest BCUT2D eigenvalue weighted by Gasteiger charge is -2.36. The summed E-state index contributed by atoms with van der Waals surface area (Å²) >= 11 is 0. The first kappa shape index (κ1) is 11.2. The van der Waals surface area contributed by atoms with Crippen molar-refractivity contribution in [1.82, 2.24) is 4.90 Å². The average Bonchev–Trinajstić information content (AvgIpc) is 2.91. The van der Waals surface area contributed by atoms with Gasteiger partial charge in [0, 0.05) is 0 Å². The summed E-state index contributed by atoms with van der Waals surface area (Å²) in [6.07, 6.45) is 1.42. The molecular weight excluding hydrogens is 222 g/mol. The van der Waals surface area contributed by atoms with Crippen LogP contribution in [0.3, 0.4) is 0 Å². The number of aliphatic hydroxyl groups excluding tert-OH is 1. The summed E-state index contributed by atoms with van der Waals surface area (Å²) in [6, 6.07) is 0. The molecule has 3 aliphatic heterocycles. The number of carbonyl (C=O) groups excluding carboxylic acids is 2. The third-order valence-corrected chi connectivity index (χ3v) is 5.09. The molecule has 2 amide bonds. The van der Waals surface area contributed by atoms with Gasteiger partial charge in [0.15, 0.2) is 0 Å². The Bertz CT molecular complexity index is 375. The Labute approximate surface area is 99.7 Å². The van der Waals surface area contributed by atoms with Crippen LogP contribution < -0.4 is 0 Å². The molecule has 4 atom stereocenters. The number of β-amino-alcohol motifs (C(OH)–C–C–N with tert-alkyl or cyclic N) is 1. The summed E-state index contributed by atoms with van der Waals surface area (Å²) in [6.45, 7) is 3.60. The minimum Gasteiger partial charge on any atom is -0.395 e. The van der Waals surface area contributed by atoms with Crippen LogP contribution in [0.2, 0.25) is 0 Å². The highest BCUT2D eigenvalue weighted by Gasteiger charge is 2.76. The van der Waals surface area contributed by atoms with Gasteiger partial charge < -0.3 is 9.84 Å². The molecule has 0 radical (unpaired) electrons. The molecule has 3 fully saturated rings. The highest BCUT2D eigenvalue weighted by atomic mass is 16.5. The molecule has 0 saturated carbocycles. The van der Waals surface area contributed by atoms with Crippen molar-refractivity contribution in [3.63, 3.8) is 0 Å². The summed E-state index contributed by atoms with van der Waals surface area (Å²) in [5.74, 6) is -0.350. The number of hydrogen-bond donors (Lipinski definition) is 1. The Balaban J connectivity index is 2.09. The van der Waals surface area contributed by atoms with Crippen LogP contribution >= 0.6 is 0 Å². The number of ether oxygens (including phenoxy) is 1. The standard InChI is InChI=1S/C12H17NO4/c1-11-7-3-4-8(17-7)12(11,2)10(16)13(5-6-14)9(11)15/h7-8,14H,3-6H2,1-2H3/t7-,8+,11+,12-. The van der Waals surface area contributed by atoms with Gasteiger partial charge in [-0.3, -0.25) is 14.5 Å². The summed E-state index contributed by atoms with van der Waals surface area (Å²) in [4.78, 5) is 26.1. The number of nitrogens with zero attached hydrogens (tertiary/aromatic N) is 1. The first-order valence-electron chi connectivity index (χ1n) is 6.10. The number of carbonyl (C=O) groups is 2. The van der Waals surface area contributed by atoms with Crippen LogP contribution in [0.25, 0.3) is 0 Å². The number of fused-ring (bicyclic) bond motifs is 5. The molecule has 5 heteroatoms. The van der Waals surface area contributed by atoms with E-state index in [1.54, 1.807) is 0 Å². The molecule has 1 N–H and O–H groups in total. The van der Waals surface area contributed by atoms with Crippen molar-refractivity contribution < 1.29 is 19.4 Å². The van der Waals surface area contributed by atoms with E-state index in [1.165, 1.54) is 4.90 Å². The first-order valence-corrected chi connectivity index (χ1v) is 6.10. The van der Waals surface area contributed by atoms with Crippen LogP contribution in [0.5, 0.6) is 0 Å². The fourth-order valence-corrected chi connectivity index (χ4v) is 3.83. The van der Waals surface area contributed by atoms with Crippen LogP contribution in [0.15, 0.2) is 0 Å². The van der Waals surface area contributed by atoms with Gasteiger partial charge in [-0.1, -0.05) is 0 Å². The molecule has 17 heavy (non-hydrogen) atoms. The lowest BCUT2D eigenvalue weighted by Crippen LogP contribution is -2.48. The van der Waals surface area contributed by atoms with Crippen LogP contribution in [0.4, 0.5) is 0 Å². The Morgan fingerprint density at radius 1 is 1.24 bits per heavy atom. The van der Waals surface area contributed by atoms with Crippen molar-refractivity contribution in [3.05, 3.63) is 0 Å². The maximum Gasteiger partial charge on any atom is 0.239 e. The summed E-state index contributed by atoms with van der Waals surface area (Å²) in [5, 5.41) is 8.96. The molecule has 3 heterocycles. The van der Waals surface area contributed by atoms with E-state index in [0.29, 0.717) is 0 Å². The number of rotatable bonds is 2. The Kier molecular flexibility index (Phi) is 2.03. The highest BCUT2D eigenvalue weighted by Crippen LogP contribution is 2.63. The minimum atomic E-state index is -0.734. The van der Waals surface area contributed by atoms with E-state index >= 15 is 0 Å². The zero-order valence-corrected chi connectivity index (χ0v) is 10.1. The van der Waals surface area contributed by atoms with Crippen molar-refractivity contribution in [2.45, 2.75) is 38.9 Å². The molecule has 94 valence electrons. The SMILES string of the molecule is C[C@@]12C(=O)N(CCO)C(=O)[C@]1(C)[C@H]1CC[C@@H]2O1. The highest BCUT2D eigenvalue weighted by molar-refractivity contribution is 6.10. The van der Waals surface area contributed by atoms with E-state index in [-0.39, 0.29) is 37.2 Å². The quantitative estimate of drug-likeness (QED) is 0.684. The summed E-state index contributed by atoms with van der Waals surface area (Å²) in [7, 11) is 0. The maximum absolute atomic E-state index is 12.4. The molecule has 0 aliphatic carbocycles. The van der Waals surface area contributed by atoms with Gasteiger partial charge in [-0.05, 0) is 26.7 Å². The smallest absolute Gasteiger partial charge is 0.239 e. The predicted octanol–water partition coefficient (Wildman–Crippen LogP) is -0.0787. The van der Waals surface area contributed by atoms with E-state index in [4.69, 9.17) is 9.84 Å². The fourth-order valence-electron chi connectivity index (χ4n) is 3.83. The molecule has 3 rings (SSSR count). The molecule has 0 spiro atoms. The van der Waals surface area contributed by atoms with Crippen molar-refractivity contribution in [3.8, 4) is 0 Å². The number of imide groups is 1. The van der Waals surface area contributed by atoms with E-state index < -0.39 is 10.8 Å². The Hall–Kier alpha value is -0.940. The molecule has 0 unspecified atom stereocenters. The normalized spacial score (nSPS) is 48.1. The van der Waals surface area contributed by atoms with E-state index in [9.17, 15) is 9.59 Å².